The summed E-state index contributed by atoms with van der Waals surface area (Å²) >= 11 is 0. The van der Waals surface area contributed by atoms with Crippen molar-refractivity contribution >= 4 is 38.5 Å². The summed E-state index contributed by atoms with van der Waals surface area (Å²) in [5.74, 6) is 0.626. The van der Waals surface area contributed by atoms with Crippen molar-refractivity contribution in [1.82, 2.24) is 23.9 Å². The molecule has 5 heteroatoms. The van der Waals surface area contributed by atoms with Gasteiger partial charge in [0.25, 0.3) is 0 Å². The summed E-state index contributed by atoms with van der Waals surface area (Å²) in [4.78, 5) is 15.4. The number of aromatic nitrogens is 5. The Hall–Kier alpha value is -5.29. The first kappa shape index (κ1) is 20.9. The Morgan fingerprint density at radius 2 is 1.16 bits per heavy atom. The largest absolute Gasteiger partial charge is 0.300 e. The average Bonchev–Trinajstić information content (AvgIpc) is 3.54. The van der Waals surface area contributed by atoms with Gasteiger partial charge in [0, 0.05) is 28.1 Å². The second kappa shape index (κ2) is 8.11. The molecule has 0 amide bonds. The van der Waals surface area contributed by atoms with Crippen LogP contribution in [0.3, 0.4) is 0 Å². The highest BCUT2D eigenvalue weighted by molar-refractivity contribution is 6.17. The molecule has 0 spiro atoms. The number of benzene rings is 4. The molecule has 8 rings (SSSR count). The molecule has 5 nitrogen and oxygen atoms in total. The van der Waals surface area contributed by atoms with Crippen LogP contribution in [0.4, 0.5) is 0 Å². The quantitative estimate of drug-likeness (QED) is 0.256. The minimum absolute atomic E-state index is 0.626. The van der Waals surface area contributed by atoms with Gasteiger partial charge in [-0.05, 0) is 36.4 Å². The second-order valence-electron chi connectivity index (χ2n) is 9.39. The van der Waals surface area contributed by atoms with Crippen molar-refractivity contribution in [2.75, 3.05) is 0 Å². The molecule has 4 aromatic carbocycles. The molecule has 4 aromatic heterocycles. The van der Waals surface area contributed by atoms with E-state index in [1.54, 1.807) is 0 Å². The van der Waals surface area contributed by atoms with Crippen LogP contribution in [0.1, 0.15) is 0 Å². The van der Waals surface area contributed by atoms with E-state index < -0.39 is 0 Å². The number of imidazole rings is 1. The van der Waals surface area contributed by atoms with Gasteiger partial charge in [0.05, 0.1) is 27.9 Å². The molecule has 0 saturated heterocycles. The zero-order chi connectivity index (χ0) is 25.1. The van der Waals surface area contributed by atoms with Gasteiger partial charge in [0.1, 0.15) is 11.2 Å². The first-order chi connectivity index (χ1) is 18.8. The maximum atomic E-state index is 5.15. The summed E-state index contributed by atoms with van der Waals surface area (Å²) < 4.78 is 4.31. The molecule has 8 aromatic rings. The molecular formula is C33H21N5. The molecule has 0 radical (unpaired) electrons. The molecule has 4 heterocycles. The van der Waals surface area contributed by atoms with Crippen LogP contribution in [0.2, 0.25) is 0 Å². The zero-order valence-corrected chi connectivity index (χ0v) is 20.4. The Labute approximate surface area is 218 Å². The van der Waals surface area contributed by atoms with E-state index in [9.17, 15) is 0 Å². The maximum absolute atomic E-state index is 5.15. The van der Waals surface area contributed by atoms with Gasteiger partial charge < -0.3 is 0 Å². The van der Waals surface area contributed by atoms with E-state index in [1.807, 2.05) is 54.6 Å². The maximum Gasteiger partial charge on any atom is 0.235 e. The van der Waals surface area contributed by atoms with Gasteiger partial charge in [-0.1, -0.05) is 84.9 Å². The Morgan fingerprint density at radius 1 is 0.500 bits per heavy atom. The van der Waals surface area contributed by atoms with Crippen LogP contribution < -0.4 is 0 Å². The first-order valence-corrected chi connectivity index (χ1v) is 12.6. The second-order valence-corrected chi connectivity index (χ2v) is 9.39. The van der Waals surface area contributed by atoms with E-state index in [0.29, 0.717) is 5.95 Å². The highest BCUT2D eigenvalue weighted by Crippen LogP contribution is 2.36. The van der Waals surface area contributed by atoms with Crippen LogP contribution >= 0.6 is 0 Å². The molecule has 0 aliphatic rings. The summed E-state index contributed by atoms with van der Waals surface area (Å²) in [5.41, 5.74) is 8.81. The number of para-hydroxylation sites is 1. The SMILES string of the molecule is c1ccc(-c2cc(-c3ccccc3)nc(-n3c4ccccc4c4ccc5c(nc6ccccn65)c43)n2)cc1. The standard InChI is InChI=1S/C33H21N5/c1-3-11-22(12-4-1)26-21-27(23-13-5-2-6-14-23)35-33(34-26)38-28-16-8-7-15-24(28)25-18-19-29-31(32(25)38)36-30-17-9-10-20-37(29)30/h1-21H. The molecule has 0 bridgehead atoms. The highest BCUT2D eigenvalue weighted by atomic mass is 15.2. The van der Waals surface area contributed by atoms with Crippen molar-refractivity contribution in [3.8, 4) is 28.5 Å². The van der Waals surface area contributed by atoms with Crippen molar-refractivity contribution in [1.29, 1.82) is 0 Å². The zero-order valence-electron chi connectivity index (χ0n) is 20.4. The van der Waals surface area contributed by atoms with Gasteiger partial charge in [0.15, 0.2) is 0 Å². The van der Waals surface area contributed by atoms with Gasteiger partial charge in [0.2, 0.25) is 5.95 Å². The molecule has 0 N–H and O–H groups in total. The highest BCUT2D eigenvalue weighted by Gasteiger charge is 2.20. The lowest BCUT2D eigenvalue weighted by Crippen LogP contribution is -2.04. The normalized spacial score (nSPS) is 11.7. The van der Waals surface area contributed by atoms with E-state index >= 15 is 0 Å². The summed E-state index contributed by atoms with van der Waals surface area (Å²) in [7, 11) is 0. The molecule has 38 heavy (non-hydrogen) atoms. The van der Waals surface area contributed by atoms with E-state index in [1.165, 1.54) is 0 Å². The topological polar surface area (TPSA) is 48.0 Å². The predicted octanol–water partition coefficient (Wildman–Crippen LogP) is 7.71. The van der Waals surface area contributed by atoms with Crippen LogP contribution in [0.15, 0.2) is 128 Å². The average molecular weight is 488 g/mol. The van der Waals surface area contributed by atoms with Crippen LogP contribution in [0, 0.1) is 0 Å². The number of pyridine rings is 1. The number of rotatable bonds is 3. The third-order valence-corrected chi connectivity index (χ3v) is 7.17. The fourth-order valence-corrected chi connectivity index (χ4v) is 5.43. The number of hydrogen-bond donors (Lipinski definition) is 0. The van der Waals surface area contributed by atoms with E-state index in [2.05, 4.69) is 81.9 Å². The van der Waals surface area contributed by atoms with Gasteiger partial charge >= 0.3 is 0 Å². The third kappa shape index (κ3) is 3.09. The predicted molar refractivity (Wildman–Crippen MR) is 153 cm³/mol. The Bertz CT molecular complexity index is 2060. The van der Waals surface area contributed by atoms with Crippen LogP contribution in [0.5, 0.6) is 0 Å². The monoisotopic (exact) mass is 487 g/mol. The van der Waals surface area contributed by atoms with E-state index in [-0.39, 0.29) is 0 Å². The Balaban J connectivity index is 1.53. The molecule has 0 unspecified atom stereocenters. The van der Waals surface area contributed by atoms with Crippen molar-refractivity contribution in [2.24, 2.45) is 0 Å². The minimum Gasteiger partial charge on any atom is -0.300 e. The molecular weight excluding hydrogens is 466 g/mol. The first-order valence-electron chi connectivity index (χ1n) is 12.6. The number of fused-ring (bicyclic) bond motifs is 7. The molecule has 0 fully saturated rings. The summed E-state index contributed by atoms with van der Waals surface area (Å²) in [5, 5.41) is 2.28. The fraction of sp³-hybridized carbons (Fsp3) is 0. The van der Waals surface area contributed by atoms with Gasteiger partial charge in [-0.3, -0.25) is 8.97 Å². The van der Waals surface area contributed by atoms with Crippen LogP contribution in [-0.4, -0.2) is 23.9 Å². The van der Waals surface area contributed by atoms with Gasteiger partial charge in [-0.25, -0.2) is 15.0 Å². The summed E-state index contributed by atoms with van der Waals surface area (Å²) in [6.07, 6.45) is 2.06. The van der Waals surface area contributed by atoms with Crippen molar-refractivity contribution in [2.45, 2.75) is 0 Å². The van der Waals surface area contributed by atoms with E-state index in [0.717, 1.165) is 61.0 Å². The minimum atomic E-state index is 0.626. The van der Waals surface area contributed by atoms with Crippen LogP contribution in [-0.2, 0) is 0 Å². The molecule has 178 valence electrons. The molecule has 0 aliphatic heterocycles. The lowest BCUT2D eigenvalue weighted by Gasteiger charge is -2.12. The van der Waals surface area contributed by atoms with Crippen molar-refractivity contribution in [3.63, 3.8) is 0 Å². The number of nitrogens with zero attached hydrogens (tertiary/aromatic N) is 5. The van der Waals surface area contributed by atoms with Gasteiger partial charge in [-0.2, -0.15) is 0 Å². The fourth-order valence-electron chi connectivity index (χ4n) is 5.43. The van der Waals surface area contributed by atoms with Crippen LogP contribution in [0.25, 0.3) is 66.9 Å². The van der Waals surface area contributed by atoms with E-state index in [4.69, 9.17) is 15.0 Å². The molecule has 0 aliphatic carbocycles. The van der Waals surface area contributed by atoms with Gasteiger partial charge in [-0.15, -0.1) is 0 Å². The van der Waals surface area contributed by atoms with Crippen molar-refractivity contribution < 1.29 is 0 Å². The summed E-state index contributed by atoms with van der Waals surface area (Å²) in [6.45, 7) is 0. The Kier molecular flexibility index (Phi) is 4.45. The summed E-state index contributed by atoms with van der Waals surface area (Å²) in [6, 6.07) is 41.5. The third-order valence-electron chi connectivity index (χ3n) is 7.17. The Morgan fingerprint density at radius 3 is 1.89 bits per heavy atom. The molecule has 0 atom stereocenters. The lowest BCUT2D eigenvalue weighted by molar-refractivity contribution is 0.997. The van der Waals surface area contributed by atoms with Crippen molar-refractivity contribution in [3.05, 3.63) is 128 Å². The lowest BCUT2D eigenvalue weighted by atomic mass is 10.1. The molecule has 0 saturated carbocycles. The number of hydrogen-bond acceptors (Lipinski definition) is 3. The smallest absolute Gasteiger partial charge is 0.235 e.